The lowest BCUT2D eigenvalue weighted by molar-refractivity contribution is -0.146. The van der Waals surface area contributed by atoms with Gasteiger partial charge in [-0.1, -0.05) is 18.9 Å². The third-order valence-electron chi connectivity index (χ3n) is 5.87. The van der Waals surface area contributed by atoms with E-state index in [1.807, 2.05) is 31.2 Å². The van der Waals surface area contributed by atoms with Crippen LogP contribution >= 0.6 is 0 Å². The fraction of sp³-hybridized carbons (Fsp3) is 0.429. The lowest BCUT2D eigenvalue weighted by atomic mass is 9.81. The fourth-order valence-corrected chi connectivity index (χ4v) is 4.35. The normalized spacial score (nSPS) is 23.4. The van der Waals surface area contributed by atoms with E-state index < -0.39 is 6.04 Å². The maximum atomic E-state index is 12.8. The molecule has 1 aromatic heterocycles. The zero-order valence-electron chi connectivity index (χ0n) is 15.6. The summed E-state index contributed by atoms with van der Waals surface area (Å²) in [5, 5.41) is 3.72. The van der Waals surface area contributed by atoms with Crippen LogP contribution in [0.15, 0.2) is 30.5 Å². The second kappa shape index (κ2) is 6.76. The highest BCUT2D eigenvalue weighted by Gasteiger charge is 2.50. The van der Waals surface area contributed by atoms with Gasteiger partial charge in [-0.25, -0.2) is 0 Å². The molecule has 1 aliphatic carbocycles. The molecule has 27 heavy (non-hydrogen) atoms. The zero-order valence-corrected chi connectivity index (χ0v) is 15.6. The third kappa shape index (κ3) is 2.89. The summed E-state index contributed by atoms with van der Waals surface area (Å²) in [6, 6.07) is 6.62. The number of nitrogens with zero attached hydrogens (tertiary/aromatic N) is 2. The van der Waals surface area contributed by atoms with Crippen molar-refractivity contribution in [3.05, 3.63) is 36.0 Å². The van der Waals surface area contributed by atoms with E-state index in [0.29, 0.717) is 5.69 Å². The second-order valence-corrected chi connectivity index (χ2v) is 7.54. The van der Waals surface area contributed by atoms with E-state index in [2.05, 4.69) is 10.3 Å². The highest BCUT2D eigenvalue weighted by Crippen LogP contribution is 2.39. The first kappa shape index (κ1) is 17.6. The maximum Gasteiger partial charge on any atom is 0.247 e. The van der Waals surface area contributed by atoms with Gasteiger partial charge in [0.15, 0.2) is 0 Å². The Hall–Kier alpha value is -2.76. The Bertz CT molecular complexity index is 915. The van der Waals surface area contributed by atoms with Gasteiger partial charge in [-0.2, -0.15) is 0 Å². The van der Waals surface area contributed by atoms with Crippen molar-refractivity contribution in [3.8, 4) is 0 Å². The van der Waals surface area contributed by atoms with Crippen LogP contribution in [-0.4, -0.2) is 33.6 Å². The van der Waals surface area contributed by atoms with Gasteiger partial charge in [-0.3, -0.25) is 24.3 Å². The molecule has 1 aliphatic heterocycles. The van der Waals surface area contributed by atoms with Gasteiger partial charge in [0.25, 0.3) is 0 Å². The van der Waals surface area contributed by atoms with Crippen molar-refractivity contribution in [2.45, 2.75) is 45.6 Å². The molecule has 1 N–H and O–H groups in total. The lowest BCUT2D eigenvalue weighted by Crippen LogP contribution is -2.46. The molecule has 2 aromatic rings. The first-order chi connectivity index (χ1) is 13.0. The number of carbonyl (C=O) groups is 3. The number of fused-ring (bicyclic) bond motifs is 2. The molecule has 1 saturated heterocycles. The summed E-state index contributed by atoms with van der Waals surface area (Å²) >= 11 is 0. The monoisotopic (exact) mass is 365 g/mol. The summed E-state index contributed by atoms with van der Waals surface area (Å²) in [4.78, 5) is 43.8. The van der Waals surface area contributed by atoms with E-state index in [4.69, 9.17) is 0 Å². The Kier molecular flexibility index (Phi) is 4.42. The summed E-state index contributed by atoms with van der Waals surface area (Å²) in [6.07, 6.45) is 5.14. The van der Waals surface area contributed by atoms with Gasteiger partial charge < -0.3 is 5.32 Å². The number of aromatic nitrogens is 1. The zero-order chi connectivity index (χ0) is 19.1. The van der Waals surface area contributed by atoms with Crippen molar-refractivity contribution in [1.82, 2.24) is 9.88 Å². The molecule has 4 rings (SSSR count). The number of imide groups is 1. The number of benzene rings is 1. The Morgan fingerprint density at radius 1 is 1.15 bits per heavy atom. The van der Waals surface area contributed by atoms with Crippen molar-refractivity contribution in [2.75, 3.05) is 5.32 Å². The summed E-state index contributed by atoms with van der Waals surface area (Å²) in [5.74, 6) is -1.23. The maximum absolute atomic E-state index is 12.8. The smallest absolute Gasteiger partial charge is 0.247 e. The van der Waals surface area contributed by atoms with Crippen LogP contribution in [-0.2, 0) is 14.4 Å². The number of anilines is 1. The molecule has 3 atom stereocenters. The number of carbonyl (C=O) groups excluding carboxylic acids is 3. The largest absolute Gasteiger partial charge is 0.324 e. The van der Waals surface area contributed by atoms with Gasteiger partial charge in [-0.05, 0) is 50.5 Å². The van der Waals surface area contributed by atoms with Gasteiger partial charge in [0.2, 0.25) is 17.7 Å². The fourth-order valence-electron chi connectivity index (χ4n) is 4.35. The van der Waals surface area contributed by atoms with E-state index in [0.717, 1.165) is 42.1 Å². The van der Waals surface area contributed by atoms with Crippen molar-refractivity contribution >= 4 is 34.3 Å². The summed E-state index contributed by atoms with van der Waals surface area (Å²) < 4.78 is 0. The SMILES string of the molecule is Cc1ccc(NC(=O)C(C)N2C(=O)C3CCCCC3C2=O)c2cccnc12. The van der Waals surface area contributed by atoms with Gasteiger partial charge in [-0.15, -0.1) is 0 Å². The number of hydrogen-bond donors (Lipinski definition) is 1. The van der Waals surface area contributed by atoms with Crippen LogP contribution in [0.1, 0.15) is 38.2 Å². The summed E-state index contributed by atoms with van der Waals surface area (Å²) in [5.41, 5.74) is 2.48. The van der Waals surface area contributed by atoms with Crippen molar-refractivity contribution in [2.24, 2.45) is 11.8 Å². The van der Waals surface area contributed by atoms with Crippen LogP contribution in [0.2, 0.25) is 0 Å². The Labute approximate surface area is 157 Å². The highest BCUT2D eigenvalue weighted by molar-refractivity contribution is 6.11. The topological polar surface area (TPSA) is 79.4 Å². The van der Waals surface area contributed by atoms with Crippen LogP contribution in [0, 0.1) is 18.8 Å². The molecule has 6 heteroatoms. The van der Waals surface area contributed by atoms with E-state index in [9.17, 15) is 14.4 Å². The van der Waals surface area contributed by atoms with Crippen LogP contribution in [0.3, 0.4) is 0 Å². The molecule has 2 fully saturated rings. The molecule has 0 radical (unpaired) electrons. The average Bonchev–Trinajstić information content (AvgIpc) is 2.94. The number of amides is 3. The van der Waals surface area contributed by atoms with E-state index in [1.165, 1.54) is 4.90 Å². The Morgan fingerprint density at radius 2 is 1.81 bits per heavy atom. The van der Waals surface area contributed by atoms with Crippen LogP contribution < -0.4 is 5.32 Å². The first-order valence-electron chi connectivity index (χ1n) is 9.51. The molecule has 3 amide bonds. The molecule has 0 bridgehead atoms. The quantitative estimate of drug-likeness (QED) is 0.848. The number of pyridine rings is 1. The minimum atomic E-state index is -0.830. The van der Waals surface area contributed by atoms with Crippen LogP contribution in [0.5, 0.6) is 0 Å². The standard InChI is InChI=1S/C21H23N3O3/c1-12-9-10-17(16-8-5-11-22-18(12)16)23-19(25)13(2)24-20(26)14-6-3-4-7-15(14)21(24)27/h5,8-11,13-15H,3-4,6-7H2,1-2H3,(H,23,25). The second-order valence-electron chi connectivity index (χ2n) is 7.54. The summed E-state index contributed by atoms with van der Waals surface area (Å²) in [6.45, 7) is 3.59. The van der Waals surface area contributed by atoms with Gasteiger partial charge in [0.05, 0.1) is 23.0 Å². The molecule has 140 valence electrons. The summed E-state index contributed by atoms with van der Waals surface area (Å²) in [7, 11) is 0. The Balaban J connectivity index is 1.58. The molecule has 1 saturated carbocycles. The van der Waals surface area contributed by atoms with E-state index >= 15 is 0 Å². The minimum Gasteiger partial charge on any atom is -0.324 e. The van der Waals surface area contributed by atoms with Gasteiger partial charge in [0.1, 0.15) is 6.04 Å². The molecular weight excluding hydrogens is 342 g/mol. The molecule has 0 spiro atoms. The predicted molar refractivity (Wildman–Crippen MR) is 102 cm³/mol. The first-order valence-corrected chi connectivity index (χ1v) is 9.51. The van der Waals surface area contributed by atoms with Crippen LogP contribution in [0.25, 0.3) is 10.9 Å². The number of nitrogens with one attached hydrogen (secondary N) is 1. The van der Waals surface area contributed by atoms with Crippen molar-refractivity contribution in [3.63, 3.8) is 0 Å². The predicted octanol–water partition coefficient (Wildman–Crippen LogP) is 3.05. The number of hydrogen-bond acceptors (Lipinski definition) is 4. The van der Waals surface area contributed by atoms with Crippen molar-refractivity contribution in [1.29, 1.82) is 0 Å². The third-order valence-corrected chi connectivity index (χ3v) is 5.87. The molecular formula is C21H23N3O3. The number of likely N-dealkylation sites (tertiary alicyclic amines) is 1. The molecule has 3 unspecified atom stereocenters. The molecule has 2 heterocycles. The number of aryl methyl sites for hydroxylation is 1. The molecule has 1 aromatic carbocycles. The molecule has 6 nitrogen and oxygen atoms in total. The highest BCUT2D eigenvalue weighted by atomic mass is 16.2. The average molecular weight is 365 g/mol. The lowest BCUT2D eigenvalue weighted by Gasteiger charge is -2.22. The van der Waals surface area contributed by atoms with Gasteiger partial charge in [0, 0.05) is 11.6 Å². The minimum absolute atomic E-state index is 0.192. The number of rotatable bonds is 3. The Morgan fingerprint density at radius 3 is 2.48 bits per heavy atom. The van der Waals surface area contributed by atoms with E-state index in [-0.39, 0.29) is 29.6 Å². The van der Waals surface area contributed by atoms with Crippen LogP contribution in [0.4, 0.5) is 5.69 Å². The molecule has 2 aliphatic rings. The van der Waals surface area contributed by atoms with E-state index in [1.54, 1.807) is 13.1 Å². The van der Waals surface area contributed by atoms with Gasteiger partial charge >= 0.3 is 0 Å². The van der Waals surface area contributed by atoms with Crippen molar-refractivity contribution < 1.29 is 14.4 Å².